The van der Waals surface area contributed by atoms with Crippen LogP contribution in [0.25, 0.3) is 0 Å². The second-order valence-corrected chi connectivity index (χ2v) is 3.55. The van der Waals surface area contributed by atoms with Gasteiger partial charge in [-0.15, -0.1) is 0 Å². The predicted molar refractivity (Wildman–Crippen MR) is 58.3 cm³/mol. The van der Waals surface area contributed by atoms with E-state index in [1.165, 1.54) is 0 Å². The Bertz CT molecular complexity index is 462. The second-order valence-electron chi connectivity index (χ2n) is 3.55. The van der Waals surface area contributed by atoms with Gasteiger partial charge in [-0.05, 0) is 12.8 Å². The van der Waals surface area contributed by atoms with E-state index in [4.69, 9.17) is 0 Å². The average molecular weight is 242 g/mol. The van der Waals surface area contributed by atoms with Crippen LogP contribution in [0.5, 0.6) is 0 Å². The molecule has 0 saturated heterocycles. The van der Waals surface area contributed by atoms with Gasteiger partial charge in [0.15, 0.2) is 0 Å². The van der Waals surface area contributed by atoms with Gasteiger partial charge in [-0.1, -0.05) is 13.3 Å². The molecule has 0 aliphatic carbocycles. The number of halogens is 1. The second kappa shape index (κ2) is 5.33. The first kappa shape index (κ1) is 13.0. The van der Waals surface area contributed by atoms with Gasteiger partial charge in [-0.25, -0.2) is 0 Å². The summed E-state index contributed by atoms with van der Waals surface area (Å²) in [6.07, 6.45) is 1.78. The number of hydrogen-bond donors (Lipinski definition) is 0. The molecule has 0 atom stereocenters. The summed E-state index contributed by atoms with van der Waals surface area (Å²) in [6.45, 7) is 1.89. The van der Waals surface area contributed by atoms with Crippen LogP contribution in [-0.2, 0) is 6.42 Å². The summed E-state index contributed by atoms with van der Waals surface area (Å²) in [6, 6.07) is 1.56. The summed E-state index contributed by atoms with van der Waals surface area (Å²) < 4.78 is 13.2. The van der Waals surface area contributed by atoms with Gasteiger partial charge in [-0.2, -0.15) is 4.39 Å². The molecular weight excluding hydrogens is 231 g/mol. The maximum Gasteiger partial charge on any atom is 0.305 e. The van der Waals surface area contributed by atoms with Crippen molar-refractivity contribution in [2.24, 2.45) is 0 Å². The van der Waals surface area contributed by atoms with Gasteiger partial charge in [-0.3, -0.25) is 20.2 Å². The van der Waals surface area contributed by atoms with Crippen LogP contribution in [0.1, 0.15) is 25.3 Å². The van der Waals surface area contributed by atoms with Crippen LogP contribution < -0.4 is 0 Å². The van der Waals surface area contributed by atoms with Gasteiger partial charge >= 0.3 is 5.69 Å². The predicted octanol–water partition coefficient (Wildman–Crippen LogP) is 2.98. The summed E-state index contributed by atoms with van der Waals surface area (Å²) in [5.41, 5.74) is -0.923. The van der Waals surface area contributed by atoms with Gasteiger partial charge in [0.1, 0.15) is 0 Å². The summed E-state index contributed by atoms with van der Waals surface area (Å²) in [7, 11) is 0. The van der Waals surface area contributed by atoms with E-state index in [1.54, 1.807) is 0 Å². The molecule has 1 aromatic carbocycles. The molecule has 0 aromatic heterocycles. The van der Waals surface area contributed by atoms with Crippen LogP contribution in [0.4, 0.5) is 15.8 Å². The lowest BCUT2D eigenvalue weighted by molar-refractivity contribution is -0.391. The number of nitrogens with zero attached hydrogens (tertiary/aromatic N) is 2. The highest BCUT2D eigenvalue weighted by Crippen LogP contribution is 2.28. The van der Waals surface area contributed by atoms with Crippen LogP contribution in [0, 0.1) is 26.0 Å². The van der Waals surface area contributed by atoms with Crippen LogP contribution >= 0.6 is 0 Å². The van der Waals surface area contributed by atoms with Crippen molar-refractivity contribution in [2.75, 3.05) is 0 Å². The SMILES string of the molecule is CCCCc1cc([N+](=O)[O-])c(F)cc1[N+](=O)[O-]. The third-order valence-corrected chi connectivity index (χ3v) is 2.34. The Morgan fingerprint density at radius 2 is 1.76 bits per heavy atom. The zero-order valence-electron chi connectivity index (χ0n) is 9.18. The van der Waals surface area contributed by atoms with E-state index < -0.39 is 27.0 Å². The third kappa shape index (κ3) is 2.96. The number of nitro benzene ring substituents is 2. The van der Waals surface area contributed by atoms with Crippen molar-refractivity contribution in [3.8, 4) is 0 Å². The smallest absolute Gasteiger partial charge is 0.258 e. The van der Waals surface area contributed by atoms with Crippen LogP contribution in [0.2, 0.25) is 0 Å². The van der Waals surface area contributed by atoms with Crippen LogP contribution in [-0.4, -0.2) is 9.85 Å². The molecule has 0 aliphatic rings. The van der Waals surface area contributed by atoms with E-state index in [0.29, 0.717) is 18.9 Å². The molecule has 0 spiro atoms. The molecule has 0 amide bonds. The zero-order chi connectivity index (χ0) is 13.0. The summed E-state index contributed by atoms with van der Waals surface area (Å²) in [4.78, 5) is 19.6. The minimum Gasteiger partial charge on any atom is -0.258 e. The average Bonchev–Trinajstić information content (AvgIpc) is 2.26. The quantitative estimate of drug-likeness (QED) is 0.586. The molecule has 17 heavy (non-hydrogen) atoms. The highest BCUT2D eigenvalue weighted by Gasteiger charge is 2.23. The Hall–Kier alpha value is -2.05. The van der Waals surface area contributed by atoms with Gasteiger partial charge in [0.25, 0.3) is 5.69 Å². The minimum atomic E-state index is -1.18. The van der Waals surface area contributed by atoms with Crippen LogP contribution in [0.3, 0.4) is 0 Å². The Balaban J connectivity index is 3.26. The first-order chi connectivity index (χ1) is 7.97. The van der Waals surface area contributed by atoms with E-state index in [1.807, 2.05) is 6.92 Å². The molecule has 0 radical (unpaired) electrons. The minimum absolute atomic E-state index is 0.199. The molecular formula is C10H11FN2O4. The first-order valence-corrected chi connectivity index (χ1v) is 5.08. The Labute approximate surface area is 96.4 Å². The molecule has 0 saturated carbocycles. The van der Waals surface area contributed by atoms with Crippen molar-refractivity contribution < 1.29 is 14.2 Å². The molecule has 0 N–H and O–H groups in total. The van der Waals surface area contributed by atoms with Gasteiger partial charge in [0.05, 0.1) is 15.9 Å². The van der Waals surface area contributed by atoms with E-state index in [9.17, 15) is 24.6 Å². The van der Waals surface area contributed by atoms with Crippen molar-refractivity contribution in [3.05, 3.63) is 43.7 Å². The number of benzene rings is 1. The molecule has 0 bridgehead atoms. The molecule has 92 valence electrons. The number of unbranched alkanes of at least 4 members (excludes halogenated alkanes) is 1. The van der Waals surface area contributed by atoms with E-state index in [-0.39, 0.29) is 5.56 Å². The highest BCUT2D eigenvalue weighted by atomic mass is 19.1. The fourth-order valence-corrected chi connectivity index (χ4v) is 1.47. The molecule has 6 nitrogen and oxygen atoms in total. The lowest BCUT2D eigenvalue weighted by Gasteiger charge is -2.02. The standard InChI is InChI=1S/C10H11FN2O4/c1-2-3-4-7-5-10(13(16)17)8(11)6-9(7)12(14)15/h5-6H,2-4H2,1H3. The van der Waals surface area contributed by atoms with Gasteiger partial charge in [0.2, 0.25) is 5.82 Å². The van der Waals surface area contributed by atoms with Gasteiger partial charge in [0, 0.05) is 11.6 Å². The van der Waals surface area contributed by atoms with Crippen molar-refractivity contribution in [3.63, 3.8) is 0 Å². The number of rotatable bonds is 5. The van der Waals surface area contributed by atoms with Crippen molar-refractivity contribution >= 4 is 11.4 Å². The fraction of sp³-hybridized carbons (Fsp3) is 0.400. The molecule has 0 fully saturated rings. The zero-order valence-corrected chi connectivity index (χ0v) is 9.18. The molecule has 7 heteroatoms. The maximum atomic E-state index is 13.2. The maximum absolute atomic E-state index is 13.2. The first-order valence-electron chi connectivity index (χ1n) is 5.08. The Kier molecular flexibility index (Phi) is 4.08. The Morgan fingerprint density at radius 3 is 2.24 bits per heavy atom. The van der Waals surface area contributed by atoms with Gasteiger partial charge < -0.3 is 0 Å². The number of aryl methyl sites for hydroxylation is 1. The van der Waals surface area contributed by atoms with Crippen LogP contribution in [0.15, 0.2) is 12.1 Å². The summed E-state index contributed by atoms with van der Waals surface area (Å²) in [5, 5.41) is 21.2. The molecule has 0 aliphatic heterocycles. The summed E-state index contributed by atoms with van der Waals surface area (Å²) >= 11 is 0. The molecule has 1 rings (SSSR count). The highest BCUT2D eigenvalue weighted by molar-refractivity contribution is 5.49. The van der Waals surface area contributed by atoms with E-state index in [2.05, 4.69) is 0 Å². The molecule has 1 aromatic rings. The fourth-order valence-electron chi connectivity index (χ4n) is 1.47. The topological polar surface area (TPSA) is 86.3 Å². The number of nitro groups is 2. The lowest BCUT2D eigenvalue weighted by Crippen LogP contribution is -2.00. The Morgan fingerprint density at radius 1 is 1.18 bits per heavy atom. The lowest BCUT2D eigenvalue weighted by atomic mass is 10.1. The monoisotopic (exact) mass is 242 g/mol. The number of hydrogen-bond acceptors (Lipinski definition) is 4. The van der Waals surface area contributed by atoms with E-state index in [0.717, 1.165) is 12.5 Å². The third-order valence-electron chi connectivity index (χ3n) is 2.34. The molecule has 0 heterocycles. The summed E-state index contributed by atoms with van der Waals surface area (Å²) in [5.74, 6) is -1.18. The largest absolute Gasteiger partial charge is 0.305 e. The van der Waals surface area contributed by atoms with E-state index >= 15 is 0 Å². The molecule has 0 unspecified atom stereocenters. The normalized spacial score (nSPS) is 10.2. The van der Waals surface area contributed by atoms with Crippen molar-refractivity contribution in [1.82, 2.24) is 0 Å². The van der Waals surface area contributed by atoms with Crippen molar-refractivity contribution in [2.45, 2.75) is 26.2 Å². The van der Waals surface area contributed by atoms with Crippen molar-refractivity contribution in [1.29, 1.82) is 0 Å².